The highest BCUT2D eigenvalue weighted by Gasteiger charge is 2.49. The fourth-order valence-corrected chi connectivity index (χ4v) is 14.2. The number of furan rings is 2. The van der Waals surface area contributed by atoms with Crippen LogP contribution < -0.4 is 4.90 Å². The zero-order chi connectivity index (χ0) is 50.4. The number of rotatable bonds is 4. The smallest absolute Gasteiger partial charge is 0.144 e. The third-order valence-corrected chi connectivity index (χ3v) is 17.6. The Labute approximate surface area is 429 Å². The molecule has 0 amide bonds. The van der Waals surface area contributed by atoms with Crippen LogP contribution in [0.25, 0.3) is 88.4 Å². The zero-order valence-electron chi connectivity index (χ0n) is 44.2. The van der Waals surface area contributed by atoms with Gasteiger partial charge in [0.1, 0.15) is 22.3 Å². The number of hydrogen-bond donors (Lipinski definition) is 0. The van der Waals surface area contributed by atoms with E-state index in [0.29, 0.717) is 0 Å². The molecule has 0 unspecified atom stereocenters. The van der Waals surface area contributed by atoms with Crippen LogP contribution in [0.5, 0.6) is 0 Å². The number of nitrogens with zero attached hydrogens (tertiary/aromatic N) is 1. The van der Waals surface area contributed by atoms with Gasteiger partial charge in [0.15, 0.2) is 0 Å². The molecule has 0 aliphatic heterocycles. The van der Waals surface area contributed by atoms with Crippen molar-refractivity contribution >= 4 is 60.9 Å². The standard InChI is InChI=1S/C70H61NO2/c1-38-33-39(2)64(40(3)34-38)71(43-29-31-46-52(35-43)68(7,8)54-37-50(41-25-27-42(28-26-41)67(4,5)6)65-59(57(46)54)48-20-14-17-23-55(48)72-65)44-30-32-47-53(36-44)70(11,12)62-58(47)60-49-21-15-18-24-56(49)73-66(60)61-45-19-13-16-22-51(45)69(9,10)63(61)62/h13-37H,1-12H3. The topological polar surface area (TPSA) is 29.5 Å². The fourth-order valence-electron chi connectivity index (χ4n) is 14.2. The number of fused-ring (bicyclic) bond motifs is 19. The van der Waals surface area contributed by atoms with Crippen molar-refractivity contribution in [2.24, 2.45) is 0 Å². The third kappa shape index (κ3) is 5.83. The Kier molecular flexibility index (Phi) is 8.78. The van der Waals surface area contributed by atoms with E-state index in [-0.39, 0.29) is 21.7 Å². The van der Waals surface area contributed by atoms with Gasteiger partial charge < -0.3 is 13.7 Å². The lowest BCUT2D eigenvalue weighted by atomic mass is 9.72. The van der Waals surface area contributed by atoms with E-state index < -0.39 is 0 Å². The van der Waals surface area contributed by atoms with Crippen molar-refractivity contribution in [3.8, 4) is 44.5 Å². The van der Waals surface area contributed by atoms with Crippen LogP contribution in [0.3, 0.4) is 0 Å². The molecule has 0 atom stereocenters. The summed E-state index contributed by atoms with van der Waals surface area (Å²) in [5, 5.41) is 4.75. The Morgan fingerprint density at radius 2 is 0.932 bits per heavy atom. The van der Waals surface area contributed by atoms with Crippen molar-refractivity contribution in [1.29, 1.82) is 0 Å². The third-order valence-electron chi connectivity index (χ3n) is 17.6. The first-order chi connectivity index (χ1) is 34.9. The summed E-state index contributed by atoms with van der Waals surface area (Å²) in [6.07, 6.45) is 0. The van der Waals surface area contributed by atoms with Gasteiger partial charge in [0.2, 0.25) is 0 Å². The summed E-state index contributed by atoms with van der Waals surface area (Å²) in [5.41, 5.74) is 29.8. The molecule has 0 saturated carbocycles. The van der Waals surface area contributed by atoms with Crippen LogP contribution in [0.1, 0.15) is 118 Å². The number of benzene rings is 9. The predicted molar refractivity (Wildman–Crippen MR) is 307 cm³/mol. The Morgan fingerprint density at radius 1 is 0.425 bits per heavy atom. The highest BCUT2D eigenvalue weighted by Crippen LogP contribution is 2.64. The van der Waals surface area contributed by atoms with Crippen molar-refractivity contribution in [1.82, 2.24) is 0 Å². The molecule has 0 spiro atoms. The highest BCUT2D eigenvalue weighted by molar-refractivity contribution is 6.21. The minimum Gasteiger partial charge on any atom is -0.455 e. The van der Waals surface area contributed by atoms with Crippen molar-refractivity contribution in [3.63, 3.8) is 0 Å². The van der Waals surface area contributed by atoms with Crippen LogP contribution in [0, 0.1) is 20.8 Å². The van der Waals surface area contributed by atoms with Crippen LogP contribution in [0.15, 0.2) is 160 Å². The van der Waals surface area contributed by atoms with Gasteiger partial charge in [-0.15, -0.1) is 0 Å². The van der Waals surface area contributed by atoms with Gasteiger partial charge in [0.05, 0.1) is 5.69 Å². The molecule has 358 valence electrons. The van der Waals surface area contributed by atoms with Gasteiger partial charge in [0, 0.05) is 60.3 Å². The summed E-state index contributed by atoms with van der Waals surface area (Å²) in [5.74, 6) is 0. The minimum absolute atomic E-state index is 0.0594. The van der Waals surface area contributed by atoms with Gasteiger partial charge in [-0.2, -0.15) is 0 Å². The largest absolute Gasteiger partial charge is 0.455 e. The van der Waals surface area contributed by atoms with Crippen LogP contribution in [-0.4, -0.2) is 0 Å². The monoisotopic (exact) mass is 947 g/mol. The van der Waals surface area contributed by atoms with Crippen LogP contribution >= 0.6 is 0 Å². The lowest BCUT2D eigenvalue weighted by Gasteiger charge is -2.33. The van der Waals surface area contributed by atoms with Gasteiger partial charge in [0.25, 0.3) is 0 Å². The maximum Gasteiger partial charge on any atom is 0.144 e. The molecule has 3 nitrogen and oxygen atoms in total. The summed E-state index contributed by atoms with van der Waals surface area (Å²) in [7, 11) is 0. The average molecular weight is 948 g/mol. The molecule has 0 bridgehead atoms. The van der Waals surface area contributed by atoms with Crippen molar-refractivity contribution in [2.45, 2.75) is 105 Å². The first-order valence-electron chi connectivity index (χ1n) is 26.2. The Hall–Kier alpha value is -7.62. The molecule has 11 aromatic rings. The summed E-state index contributed by atoms with van der Waals surface area (Å²) in [6.45, 7) is 28.2. The number of hydrogen-bond acceptors (Lipinski definition) is 3. The van der Waals surface area contributed by atoms with E-state index >= 15 is 0 Å². The molecule has 9 aromatic carbocycles. The van der Waals surface area contributed by atoms with Crippen molar-refractivity contribution in [3.05, 3.63) is 207 Å². The Bertz CT molecular complexity index is 4210. The highest BCUT2D eigenvalue weighted by atomic mass is 16.3. The Morgan fingerprint density at radius 3 is 1.56 bits per heavy atom. The molecule has 73 heavy (non-hydrogen) atoms. The fraction of sp³-hybridized carbons (Fsp3) is 0.229. The van der Waals surface area contributed by atoms with Gasteiger partial charge in [-0.05, 0) is 152 Å². The van der Waals surface area contributed by atoms with E-state index in [0.717, 1.165) is 44.7 Å². The van der Waals surface area contributed by atoms with Gasteiger partial charge >= 0.3 is 0 Å². The predicted octanol–water partition coefficient (Wildman–Crippen LogP) is 19.8. The maximum absolute atomic E-state index is 7.02. The molecule has 0 saturated heterocycles. The zero-order valence-corrected chi connectivity index (χ0v) is 44.2. The molecule has 3 aliphatic rings. The van der Waals surface area contributed by atoms with Crippen LogP contribution in [0.2, 0.25) is 0 Å². The summed E-state index contributed by atoms with van der Waals surface area (Å²) in [6, 6.07) is 57.1. The molecule has 2 aromatic heterocycles. The second kappa shape index (κ2) is 14.5. The molecular weight excluding hydrogens is 887 g/mol. The molecule has 0 fully saturated rings. The van der Waals surface area contributed by atoms with E-state index in [1.807, 2.05) is 0 Å². The lowest BCUT2D eigenvalue weighted by Crippen LogP contribution is -2.24. The first-order valence-corrected chi connectivity index (χ1v) is 26.2. The molecule has 2 heterocycles. The number of aryl methyl sites for hydroxylation is 3. The lowest BCUT2D eigenvalue weighted by molar-refractivity contribution is 0.590. The Balaban J connectivity index is 0.988. The van der Waals surface area contributed by atoms with E-state index in [9.17, 15) is 0 Å². The minimum atomic E-state index is -0.329. The van der Waals surface area contributed by atoms with E-state index in [2.05, 4.69) is 240 Å². The van der Waals surface area contributed by atoms with E-state index in [4.69, 9.17) is 8.83 Å². The van der Waals surface area contributed by atoms with E-state index in [1.165, 1.54) is 116 Å². The summed E-state index contributed by atoms with van der Waals surface area (Å²) in [4.78, 5) is 2.56. The molecular formula is C70H61NO2. The maximum atomic E-state index is 7.02. The van der Waals surface area contributed by atoms with Crippen LogP contribution in [0.4, 0.5) is 17.1 Å². The van der Waals surface area contributed by atoms with Crippen molar-refractivity contribution in [2.75, 3.05) is 4.90 Å². The molecule has 14 rings (SSSR count). The summed E-state index contributed by atoms with van der Waals surface area (Å²) >= 11 is 0. The second-order valence-electron chi connectivity index (χ2n) is 24.2. The molecule has 0 radical (unpaired) electrons. The van der Waals surface area contributed by atoms with E-state index in [1.54, 1.807) is 0 Å². The molecule has 3 aliphatic carbocycles. The number of para-hydroxylation sites is 2. The van der Waals surface area contributed by atoms with Gasteiger partial charge in [-0.1, -0.05) is 177 Å². The summed E-state index contributed by atoms with van der Waals surface area (Å²) < 4.78 is 13.9. The number of anilines is 3. The second-order valence-corrected chi connectivity index (χ2v) is 24.2. The van der Waals surface area contributed by atoms with Gasteiger partial charge in [-0.3, -0.25) is 0 Å². The first kappa shape index (κ1) is 44.1. The van der Waals surface area contributed by atoms with Gasteiger partial charge in [-0.25, -0.2) is 0 Å². The molecule has 3 heteroatoms. The molecule has 0 N–H and O–H groups in total. The SMILES string of the molecule is Cc1cc(C)c(N(c2ccc3c(c2)C(C)(C)c2cc(-c4ccc(C(C)(C)C)cc4)c4oc5ccccc5c4c2-3)c2ccc3c(c2)C(C)(C)c2c4c(c5oc6ccccc6c5c2-3)-c2ccccc2C4(C)C)c(C)c1. The van der Waals surface area contributed by atoms with Crippen molar-refractivity contribution < 1.29 is 8.83 Å². The normalized spacial score (nSPS) is 15.5. The van der Waals surface area contributed by atoms with Crippen LogP contribution in [-0.2, 0) is 21.7 Å². The quantitative estimate of drug-likeness (QED) is 0.176. The average Bonchev–Trinajstić information content (AvgIpc) is 4.11.